The molecule has 5 heteroatoms. The third-order valence-corrected chi connectivity index (χ3v) is 4.39. The zero-order chi connectivity index (χ0) is 14.8. The minimum atomic E-state index is -0.742. The van der Waals surface area contributed by atoms with Crippen LogP contribution in [0.15, 0.2) is 58.5 Å². The van der Waals surface area contributed by atoms with E-state index in [2.05, 4.69) is 24.2 Å². The van der Waals surface area contributed by atoms with E-state index in [4.69, 9.17) is 0 Å². The van der Waals surface area contributed by atoms with Crippen LogP contribution in [0.25, 0.3) is 0 Å². The number of rotatable bonds is 3. The van der Waals surface area contributed by atoms with Crippen LogP contribution in [0, 0.1) is 0 Å². The summed E-state index contributed by atoms with van der Waals surface area (Å²) in [6.45, 7) is 2.09. The molecule has 0 aromatic heterocycles. The smallest absolute Gasteiger partial charge is 0.427 e. The molecule has 0 amide bonds. The van der Waals surface area contributed by atoms with Crippen LogP contribution >= 0.6 is 11.8 Å². The van der Waals surface area contributed by atoms with Crippen molar-refractivity contribution in [3.8, 4) is 0 Å². The van der Waals surface area contributed by atoms with E-state index in [-0.39, 0.29) is 0 Å². The van der Waals surface area contributed by atoms with Gasteiger partial charge in [0.15, 0.2) is 0 Å². The van der Waals surface area contributed by atoms with Crippen molar-refractivity contribution in [1.82, 2.24) is 0 Å². The maximum Gasteiger partial charge on any atom is 0.471 e. The Morgan fingerprint density at radius 2 is 2.00 bits per heavy atom. The van der Waals surface area contributed by atoms with Crippen LogP contribution in [-0.2, 0) is 0 Å². The summed E-state index contributed by atoms with van der Waals surface area (Å²) in [7, 11) is -0.742. The molecule has 0 bridgehead atoms. The fraction of sp³-hybridized carbons (Fsp3) is 0.188. The Morgan fingerprint density at radius 1 is 1.19 bits per heavy atom. The second-order valence-electron chi connectivity index (χ2n) is 4.91. The van der Waals surface area contributed by atoms with Gasteiger partial charge in [-0.05, 0) is 41.9 Å². The van der Waals surface area contributed by atoms with Crippen molar-refractivity contribution in [2.45, 2.75) is 18.2 Å². The molecule has 0 saturated heterocycles. The Bertz CT molecular complexity index is 689. The second kappa shape index (κ2) is 5.96. The third kappa shape index (κ3) is 2.59. The van der Waals surface area contributed by atoms with Gasteiger partial charge in [-0.2, -0.15) is 5.10 Å². The second-order valence-corrected chi connectivity index (χ2v) is 5.79. The molecule has 2 aromatic carbocycles. The molecule has 1 aliphatic heterocycles. The van der Waals surface area contributed by atoms with Gasteiger partial charge < -0.3 is 5.02 Å². The molecule has 0 fully saturated rings. The van der Waals surface area contributed by atoms with Crippen LogP contribution in [0.3, 0.4) is 0 Å². The molecule has 0 radical (unpaired) electrons. The number of hydrazone groups is 1. The van der Waals surface area contributed by atoms with Gasteiger partial charge in [0.2, 0.25) is 0 Å². The summed E-state index contributed by atoms with van der Waals surface area (Å²) in [6.07, 6.45) is 2.88. The molecular weight excluding hydrogens is 279 g/mol. The normalized spacial score (nSPS) is 14.0. The third-order valence-electron chi connectivity index (χ3n) is 3.66. The molecular formula is C16H17BN2OS. The summed E-state index contributed by atoms with van der Waals surface area (Å²) >= 11 is 1.68. The summed E-state index contributed by atoms with van der Waals surface area (Å²) < 4.78 is 0. The summed E-state index contributed by atoms with van der Waals surface area (Å²) in [6, 6.07) is 16.0. The quantitative estimate of drug-likeness (QED) is 0.699. The van der Waals surface area contributed by atoms with Gasteiger partial charge in [-0.1, -0.05) is 37.3 Å². The molecule has 3 rings (SSSR count). The number of thioether (sulfide) groups is 1. The van der Waals surface area contributed by atoms with Crippen molar-refractivity contribution >= 4 is 35.7 Å². The Balaban J connectivity index is 2.08. The number of hydrogen-bond donors (Lipinski definition) is 1. The summed E-state index contributed by atoms with van der Waals surface area (Å²) in [4.78, 5) is 2.87. The van der Waals surface area contributed by atoms with Gasteiger partial charge in [0.1, 0.15) is 0 Å². The maximum absolute atomic E-state index is 10.7. The van der Waals surface area contributed by atoms with Gasteiger partial charge in [0.05, 0.1) is 5.71 Å². The van der Waals surface area contributed by atoms with E-state index in [9.17, 15) is 5.02 Å². The van der Waals surface area contributed by atoms with Gasteiger partial charge in [0.25, 0.3) is 0 Å². The van der Waals surface area contributed by atoms with Crippen LogP contribution in [0.2, 0.25) is 0 Å². The van der Waals surface area contributed by atoms with Crippen LogP contribution in [0.1, 0.15) is 18.9 Å². The molecule has 0 atom stereocenters. The molecule has 0 aliphatic carbocycles. The molecule has 1 aliphatic rings. The SMILES string of the molecule is CCC1=NN(c2cccc(SC)c2)B(O)c2ccccc21. The highest BCUT2D eigenvalue weighted by atomic mass is 32.2. The van der Waals surface area contributed by atoms with E-state index in [0.717, 1.165) is 33.7 Å². The van der Waals surface area contributed by atoms with Crippen molar-refractivity contribution in [1.29, 1.82) is 0 Å². The van der Waals surface area contributed by atoms with Gasteiger partial charge in [-0.15, -0.1) is 11.8 Å². The first-order chi connectivity index (χ1) is 10.2. The minimum absolute atomic E-state index is 0.742. The van der Waals surface area contributed by atoms with Crippen molar-refractivity contribution in [2.24, 2.45) is 5.10 Å². The monoisotopic (exact) mass is 296 g/mol. The average Bonchev–Trinajstić information content (AvgIpc) is 2.55. The predicted molar refractivity (Wildman–Crippen MR) is 91.6 cm³/mol. The first kappa shape index (κ1) is 14.2. The van der Waals surface area contributed by atoms with E-state index in [1.807, 2.05) is 42.7 Å². The van der Waals surface area contributed by atoms with Crippen LogP contribution in [0.5, 0.6) is 0 Å². The zero-order valence-corrected chi connectivity index (χ0v) is 13.0. The Morgan fingerprint density at radius 3 is 2.76 bits per heavy atom. The highest BCUT2D eigenvalue weighted by molar-refractivity contribution is 7.98. The summed E-state index contributed by atoms with van der Waals surface area (Å²) in [5, 5.41) is 15.3. The Hall–Kier alpha value is -1.72. The largest absolute Gasteiger partial charge is 0.471 e. The van der Waals surface area contributed by atoms with Crippen LogP contribution < -0.4 is 10.4 Å². The van der Waals surface area contributed by atoms with E-state index in [0.29, 0.717) is 0 Å². The lowest BCUT2D eigenvalue weighted by molar-refractivity contribution is 0.577. The number of fused-ring (bicyclic) bond motifs is 1. The maximum atomic E-state index is 10.7. The van der Waals surface area contributed by atoms with Gasteiger partial charge in [-0.25, -0.2) is 0 Å². The van der Waals surface area contributed by atoms with E-state index < -0.39 is 7.05 Å². The minimum Gasteiger partial charge on any atom is -0.427 e. The molecule has 106 valence electrons. The van der Waals surface area contributed by atoms with Crippen LogP contribution in [0.4, 0.5) is 5.69 Å². The average molecular weight is 296 g/mol. The Labute approximate surface area is 129 Å². The first-order valence-corrected chi connectivity index (χ1v) is 8.25. The number of benzene rings is 2. The van der Waals surface area contributed by atoms with E-state index in [1.165, 1.54) is 0 Å². The standard InChI is InChI=1S/C16H17BN2OS/c1-3-16-14-9-4-5-10-15(14)17(20)19(18-16)12-7-6-8-13(11-12)21-2/h4-11,20H,3H2,1-2H3. The van der Waals surface area contributed by atoms with Crippen LogP contribution in [-0.4, -0.2) is 24.0 Å². The lowest BCUT2D eigenvalue weighted by Crippen LogP contribution is -2.51. The van der Waals surface area contributed by atoms with Crippen molar-refractivity contribution in [2.75, 3.05) is 11.2 Å². The Kier molecular flexibility index (Phi) is 4.04. The highest BCUT2D eigenvalue weighted by Gasteiger charge is 2.32. The molecule has 1 heterocycles. The number of hydrogen-bond acceptors (Lipinski definition) is 4. The molecule has 3 nitrogen and oxygen atoms in total. The molecule has 1 N–H and O–H groups in total. The van der Waals surface area contributed by atoms with Gasteiger partial charge in [-0.3, -0.25) is 4.92 Å². The fourth-order valence-electron chi connectivity index (χ4n) is 2.57. The molecule has 0 spiro atoms. The fourth-order valence-corrected chi connectivity index (χ4v) is 3.02. The highest BCUT2D eigenvalue weighted by Crippen LogP contribution is 2.25. The lowest BCUT2D eigenvalue weighted by Gasteiger charge is -2.29. The number of anilines is 1. The predicted octanol–water partition coefficient (Wildman–Crippen LogP) is 2.73. The van der Waals surface area contributed by atoms with Crippen molar-refractivity contribution in [3.05, 3.63) is 54.1 Å². The van der Waals surface area contributed by atoms with Gasteiger partial charge in [0, 0.05) is 10.6 Å². The van der Waals surface area contributed by atoms with Crippen molar-refractivity contribution in [3.63, 3.8) is 0 Å². The molecule has 21 heavy (non-hydrogen) atoms. The first-order valence-electron chi connectivity index (χ1n) is 7.02. The zero-order valence-electron chi connectivity index (χ0n) is 12.2. The lowest BCUT2D eigenvalue weighted by atomic mass is 9.68. The van der Waals surface area contributed by atoms with E-state index >= 15 is 0 Å². The topological polar surface area (TPSA) is 35.8 Å². The molecule has 0 saturated carbocycles. The molecule has 2 aromatic rings. The van der Waals surface area contributed by atoms with E-state index in [1.54, 1.807) is 16.7 Å². The molecule has 0 unspecified atom stereocenters. The summed E-state index contributed by atoms with van der Waals surface area (Å²) in [5.41, 5.74) is 3.88. The van der Waals surface area contributed by atoms with Gasteiger partial charge >= 0.3 is 7.05 Å². The number of nitrogens with zero attached hydrogens (tertiary/aromatic N) is 2. The van der Waals surface area contributed by atoms with Crippen molar-refractivity contribution < 1.29 is 5.02 Å². The summed E-state index contributed by atoms with van der Waals surface area (Å²) in [5.74, 6) is 0.